The molecule has 0 bridgehead atoms. The van der Waals surface area contributed by atoms with Crippen LogP contribution < -0.4 is 10.1 Å². The number of carbonyl (C=O) groups is 1. The Balaban J connectivity index is 1.68. The first-order valence-corrected chi connectivity index (χ1v) is 11.6. The van der Waals surface area contributed by atoms with Gasteiger partial charge < -0.3 is 10.1 Å². The molecule has 1 aliphatic rings. The SMILES string of the molecule is Cc1cc(C)c(S(=O)(=O)N2CCC(C(=O)Nc3ccccc3OC(F)(F)F)CC2)c(C)c1. The van der Waals surface area contributed by atoms with Gasteiger partial charge >= 0.3 is 6.36 Å². The largest absolute Gasteiger partial charge is 0.573 e. The summed E-state index contributed by atoms with van der Waals surface area (Å²) in [6, 6.07) is 8.93. The maximum absolute atomic E-state index is 13.2. The number of carbonyl (C=O) groups excluding carboxylic acids is 1. The molecule has 0 aromatic heterocycles. The number of anilines is 1. The molecule has 1 aliphatic heterocycles. The van der Waals surface area contributed by atoms with E-state index < -0.39 is 34.0 Å². The van der Waals surface area contributed by atoms with Crippen molar-refractivity contribution in [3.8, 4) is 5.75 Å². The number of hydrogen-bond acceptors (Lipinski definition) is 4. The van der Waals surface area contributed by atoms with Gasteiger partial charge in [-0.2, -0.15) is 4.31 Å². The topological polar surface area (TPSA) is 75.7 Å². The standard InChI is InChI=1S/C22H25F3N2O4S/c1-14-12-15(2)20(16(3)13-14)32(29,30)27-10-8-17(9-11-27)21(28)26-18-6-4-5-7-19(18)31-22(23,24)25/h4-7,12-13,17H,8-11H2,1-3H3,(H,26,28). The number of nitrogens with zero attached hydrogens (tertiary/aromatic N) is 1. The maximum Gasteiger partial charge on any atom is 0.573 e. The van der Waals surface area contributed by atoms with Crippen molar-refractivity contribution >= 4 is 21.6 Å². The van der Waals surface area contributed by atoms with Crippen LogP contribution in [0.1, 0.15) is 29.5 Å². The van der Waals surface area contributed by atoms with Crippen molar-refractivity contribution < 1.29 is 31.1 Å². The molecule has 32 heavy (non-hydrogen) atoms. The van der Waals surface area contributed by atoms with Crippen LogP contribution in [0.2, 0.25) is 0 Å². The number of rotatable bonds is 5. The Bertz CT molecular complexity index is 1090. The summed E-state index contributed by atoms with van der Waals surface area (Å²) < 4.78 is 69.5. The van der Waals surface area contributed by atoms with Gasteiger partial charge in [-0.15, -0.1) is 13.2 Å². The monoisotopic (exact) mass is 470 g/mol. The molecule has 0 spiro atoms. The summed E-state index contributed by atoms with van der Waals surface area (Å²) in [7, 11) is -3.72. The van der Waals surface area contributed by atoms with Crippen LogP contribution in [0.3, 0.4) is 0 Å². The number of nitrogens with one attached hydrogen (secondary N) is 1. The smallest absolute Gasteiger partial charge is 0.404 e. The fourth-order valence-corrected chi connectivity index (χ4v) is 5.96. The van der Waals surface area contributed by atoms with Crippen LogP contribution in [0, 0.1) is 26.7 Å². The molecule has 1 N–H and O–H groups in total. The quantitative estimate of drug-likeness (QED) is 0.696. The highest BCUT2D eigenvalue weighted by Crippen LogP contribution is 2.32. The van der Waals surface area contributed by atoms with E-state index in [9.17, 15) is 26.4 Å². The lowest BCUT2D eigenvalue weighted by Gasteiger charge is -2.31. The third-order valence-corrected chi connectivity index (χ3v) is 7.60. The molecule has 0 unspecified atom stereocenters. The predicted octanol–water partition coefficient (Wildman–Crippen LogP) is 4.55. The van der Waals surface area contributed by atoms with E-state index in [1.54, 1.807) is 13.8 Å². The zero-order valence-electron chi connectivity index (χ0n) is 18.0. The maximum atomic E-state index is 13.2. The summed E-state index contributed by atoms with van der Waals surface area (Å²) in [6.45, 7) is 5.71. The van der Waals surface area contributed by atoms with Crippen molar-refractivity contribution in [3.63, 3.8) is 0 Å². The lowest BCUT2D eigenvalue weighted by molar-refractivity contribution is -0.274. The Morgan fingerprint density at radius 2 is 1.62 bits per heavy atom. The molecule has 0 atom stereocenters. The molecule has 0 aliphatic carbocycles. The molecule has 10 heteroatoms. The highest BCUT2D eigenvalue weighted by atomic mass is 32.2. The highest BCUT2D eigenvalue weighted by Gasteiger charge is 2.35. The van der Waals surface area contributed by atoms with Gasteiger partial charge in [0.1, 0.15) is 0 Å². The van der Waals surface area contributed by atoms with E-state index in [4.69, 9.17) is 0 Å². The number of benzene rings is 2. The van der Waals surface area contributed by atoms with Crippen molar-refractivity contribution in [2.45, 2.75) is 44.9 Å². The minimum Gasteiger partial charge on any atom is -0.404 e. The number of para-hydroxylation sites is 2. The van der Waals surface area contributed by atoms with Crippen molar-refractivity contribution in [2.24, 2.45) is 5.92 Å². The Morgan fingerprint density at radius 3 is 2.19 bits per heavy atom. The van der Waals surface area contributed by atoms with Gasteiger partial charge in [0.25, 0.3) is 0 Å². The molecule has 3 rings (SSSR count). The van der Waals surface area contributed by atoms with Crippen molar-refractivity contribution in [3.05, 3.63) is 53.1 Å². The Morgan fingerprint density at radius 1 is 1.06 bits per heavy atom. The molecule has 2 aromatic carbocycles. The summed E-state index contributed by atoms with van der Waals surface area (Å²) >= 11 is 0. The zero-order chi connectivity index (χ0) is 23.7. The van der Waals surface area contributed by atoms with Gasteiger partial charge in [-0.05, 0) is 56.9 Å². The molecule has 2 aromatic rings. The fourth-order valence-electron chi connectivity index (χ4n) is 4.08. The van der Waals surface area contributed by atoms with E-state index in [0.29, 0.717) is 11.1 Å². The summed E-state index contributed by atoms with van der Waals surface area (Å²) in [4.78, 5) is 12.9. The lowest BCUT2D eigenvalue weighted by atomic mass is 9.97. The van der Waals surface area contributed by atoms with E-state index in [-0.39, 0.29) is 36.5 Å². The molecule has 1 fully saturated rings. The van der Waals surface area contributed by atoms with E-state index in [1.165, 1.54) is 22.5 Å². The van der Waals surface area contributed by atoms with Gasteiger partial charge in [-0.1, -0.05) is 29.8 Å². The molecule has 1 saturated heterocycles. The van der Waals surface area contributed by atoms with Crippen molar-refractivity contribution in [2.75, 3.05) is 18.4 Å². The van der Waals surface area contributed by atoms with Gasteiger partial charge in [0.15, 0.2) is 5.75 Å². The number of hydrogen-bond donors (Lipinski definition) is 1. The van der Waals surface area contributed by atoms with E-state index >= 15 is 0 Å². The Kier molecular flexibility index (Phi) is 6.85. The fraction of sp³-hybridized carbons (Fsp3) is 0.409. The van der Waals surface area contributed by atoms with Crippen LogP contribution >= 0.6 is 0 Å². The second-order valence-electron chi connectivity index (χ2n) is 7.94. The summed E-state index contributed by atoms with van der Waals surface area (Å²) in [6.07, 6.45) is -4.36. The van der Waals surface area contributed by atoms with Crippen LogP contribution in [0.15, 0.2) is 41.3 Å². The molecule has 174 valence electrons. The molecule has 0 saturated carbocycles. The highest BCUT2D eigenvalue weighted by molar-refractivity contribution is 7.89. The van der Waals surface area contributed by atoms with Gasteiger partial charge in [0.2, 0.25) is 15.9 Å². The minimum absolute atomic E-state index is 0.0872. The molecule has 1 amide bonds. The van der Waals surface area contributed by atoms with Crippen molar-refractivity contribution in [1.82, 2.24) is 4.31 Å². The number of amides is 1. The molecular formula is C22H25F3N2O4S. The second-order valence-corrected chi connectivity index (χ2v) is 9.81. The normalized spacial score (nSPS) is 16.1. The third kappa shape index (κ3) is 5.42. The number of piperidine rings is 1. The van der Waals surface area contributed by atoms with Crippen LogP contribution in [0.5, 0.6) is 5.75 Å². The summed E-state index contributed by atoms with van der Waals surface area (Å²) in [5.41, 5.74) is 2.23. The van der Waals surface area contributed by atoms with Gasteiger partial charge in [-0.25, -0.2) is 8.42 Å². The summed E-state index contributed by atoms with van der Waals surface area (Å²) in [5, 5.41) is 2.48. The van der Waals surface area contributed by atoms with Crippen LogP contribution in [0.25, 0.3) is 0 Å². The molecule has 1 heterocycles. The van der Waals surface area contributed by atoms with Crippen LogP contribution in [-0.2, 0) is 14.8 Å². The van der Waals surface area contributed by atoms with Crippen LogP contribution in [-0.4, -0.2) is 38.1 Å². The second kappa shape index (κ2) is 9.11. The van der Waals surface area contributed by atoms with Gasteiger partial charge in [0.05, 0.1) is 10.6 Å². The van der Waals surface area contributed by atoms with Gasteiger partial charge in [0, 0.05) is 19.0 Å². The Labute approximate surface area is 185 Å². The minimum atomic E-state index is -4.88. The molecule has 6 nitrogen and oxygen atoms in total. The van der Waals surface area contributed by atoms with E-state index in [0.717, 1.165) is 11.6 Å². The first kappa shape index (κ1) is 24.1. The van der Waals surface area contributed by atoms with Gasteiger partial charge in [-0.3, -0.25) is 4.79 Å². The summed E-state index contributed by atoms with van der Waals surface area (Å²) in [5.74, 6) is -1.50. The van der Waals surface area contributed by atoms with Crippen molar-refractivity contribution in [1.29, 1.82) is 0 Å². The number of ether oxygens (including phenoxy) is 1. The van der Waals surface area contributed by atoms with E-state index in [2.05, 4.69) is 10.1 Å². The molecular weight excluding hydrogens is 445 g/mol. The van der Waals surface area contributed by atoms with Crippen LogP contribution in [0.4, 0.5) is 18.9 Å². The number of aryl methyl sites for hydroxylation is 3. The first-order valence-electron chi connectivity index (χ1n) is 10.1. The first-order chi connectivity index (χ1) is 14.9. The molecule has 0 radical (unpaired) electrons. The number of sulfonamides is 1. The number of halogens is 3. The average Bonchev–Trinajstić information content (AvgIpc) is 2.67. The van der Waals surface area contributed by atoms with E-state index in [1.807, 2.05) is 19.1 Å². The predicted molar refractivity (Wildman–Crippen MR) is 114 cm³/mol. The number of alkyl halides is 3. The average molecular weight is 471 g/mol. The third-order valence-electron chi connectivity index (χ3n) is 5.40. The zero-order valence-corrected chi connectivity index (χ0v) is 18.8. The Hall–Kier alpha value is -2.59. The lowest BCUT2D eigenvalue weighted by Crippen LogP contribution is -2.41.